The van der Waals surface area contributed by atoms with Gasteiger partial charge in [-0.25, -0.2) is 4.39 Å². The summed E-state index contributed by atoms with van der Waals surface area (Å²) in [5.74, 6) is -0.804. The summed E-state index contributed by atoms with van der Waals surface area (Å²) in [7, 11) is 0. The molecule has 6 heteroatoms. The van der Waals surface area contributed by atoms with E-state index in [1.165, 1.54) is 12.1 Å². The molecule has 3 heterocycles. The molecule has 0 atom stereocenters. The Labute approximate surface area is 161 Å². The Morgan fingerprint density at radius 1 is 1.25 bits per heavy atom. The minimum Gasteiger partial charge on any atom is -0.460 e. The molecule has 1 aliphatic rings. The largest absolute Gasteiger partial charge is 0.460 e. The Balaban J connectivity index is 1.62. The highest BCUT2D eigenvalue weighted by atomic mass is 19.1. The topological polar surface area (TPSA) is 63.7 Å². The summed E-state index contributed by atoms with van der Waals surface area (Å²) in [5.41, 5.74) is 1.56. The average Bonchev–Trinajstić information content (AvgIpc) is 3.10. The highest BCUT2D eigenvalue weighted by Gasteiger charge is 2.43. The molecule has 142 valence electrons. The van der Waals surface area contributed by atoms with Crippen molar-refractivity contribution in [3.05, 3.63) is 77.4 Å². The molecule has 0 unspecified atom stereocenters. The van der Waals surface area contributed by atoms with Gasteiger partial charge in [0.25, 0.3) is 0 Å². The van der Waals surface area contributed by atoms with Crippen LogP contribution in [0.1, 0.15) is 29.5 Å². The van der Waals surface area contributed by atoms with Crippen LogP contribution in [0.25, 0.3) is 5.52 Å². The molecule has 1 fully saturated rings. The number of ether oxygens (including phenoxy) is 2. The first kappa shape index (κ1) is 18.2. The highest BCUT2D eigenvalue weighted by Crippen LogP contribution is 2.37. The average molecular weight is 378 g/mol. The van der Waals surface area contributed by atoms with E-state index in [1.807, 2.05) is 28.8 Å². The molecule has 4 rings (SSSR count). The fourth-order valence-electron chi connectivity index (χ4n) is 3.81. The number of halogens is 1. The predicted molar refractivity (Wildman–Crippen MR) is 100 cm³/mol. The van der Waals surface area contributed by atoms with Crippen molar-refractivity contribution >= 4 is 11.5 Å². The van der Waals surface area contributed by atoms with Crippen LogP contribution in [-0.4, -0.2) is 23.6 Å². The Bertz CT molecular complexity index is 1060. The monoisotopic (exact) mass is 378 g/mol. The first-order chi connectivity index (χ1) is 13.6. The van der Waals surface area contributed by atoms with E-state index in [9.17, 15) is 14.4 Å². The van der Waals surface area contributed by atoms with Crippen LogP contribution in [0.5, 0.6) is 0 Å². The van der Waals surface area contributed by atoms with E-state index in [4.69, 9.17) is 9.47 Å². The summed E-state index contributed by atoms with van der Waals surface area (Å²) in [5, 5.41) is 9.52. The summed E-state index contributed by atoms with van der Waals surface area (Å²) >= 11 is 0. The second kappa shape index (κ2) is 7.45. The zero-order valence-electron chi connectivity index (χ0n) is 15.2. The van der Waals surface area contributed by atoms with Crippen molar-refractivity contribution in [1.82, 2.24) is 4.40 Å². The van der Waals surface area contributed by atoms with Crippen molar-refractivity contribution in [3.8, 4) is 6.07 Å². The van der Waals surface area contributed by atoms with E-state index >= 15 is 0 Å². The number of carbonyl (C=O) groups is 1. The summed E-state index contributed by atoms with van der Waals surface area (Å²) in [4.78, 5) is 13.1. The van der Waals surface area contributed by atoms with Crippen molar-refractivity contribution < 1.29 is 18.7 Å². The number of nitriles is 1. The number of esters is 1. The predicted octanol–water partition coefficient (Wildman–Crippen LogP) is 3.74. The summed E-state index contributed by atoms with van der Waals surface area (Å²) in [6.45, 7) is 0.803. The third-order valence-corrected chi connectivity index (χ3v) is 5.35. The van der Waals surface area contributed by atoms with Crippen LogP contribution >= 0.6 is 0 Å². The van der Waals surface area contributed by atoms with Crippen LogP contribution in [0.3, 0.4) is 0 Å². The first-order valence-electron chi connectivity index (χ1n) is 9.14. The number of nitrogens with zero attached hydrogens (tertiary/aromatic N) is 2. The molecule has 0 amide bonds. The summed E-state index contributed by atoms with van der Waals surface area (Å²) < 4.78 is 26.7. The molecule has 0 saturated carbocycles. The maximum absolute atomic E-state index is 13.8. The molecule has 1 aromatic carbocycles. The number of pyridine rings is 1. The molecule has 1 saturated heterocycles. The maximum atomic E-state index is 13.8. The van der Waals surface area contributed by atoms with Crippen LogP contribution in [0.15, 0.2) is 54.9 Å². The van der Waals surface area contributed by atoms with Crippen LogP contribution in [0, 0.1) is 17.1 Å². The molecule has 0 radical (unpaired) electrons. The second-order valence-electron chi connectivity index (χ2n) is 6.92. The Morgan fingerprint density at radius 3 is 2.82 bits per heavy atom. The summed E-state index contributed by atoms with van der Waals surface area (Å²) in [6.07, 6.45) is 4.49. The molecule has 0 aliphatic carbocycles. The van der Waals surface area contributed by atoms with Gasteiger partial charge in [0.15, 0.2) is 0 Å². The minimum absolute atomic E-state index is 0.0126. The van der Waals surface area contributed by atoms with Crippen molar-refractivity contribution in [2.75, 3.05) is 13.2 Å². The van der Waals surface area contributed by atoms with Gasteiger partial charge >= 0.3 is 5.97 Å². The third kappa shape index (κ3) is 3.14. The van der Waals surface area contributed by atoms with Crippen LogP contribution in [0.4, 0.5) is 4.39 Å². The third-order valence-electron chi connectivity index (χ3n) is 5.35. The van der Waals surface area contributed by atoms with Crippen LogP contribution in [-0.2, 0) is 26.3 Å². The maximum Gasteiger partial charge on any atom is 0.317 e. The fraction of sp³-hybridized carbons (Fsp3) is 0.273. The molecular weight excluding hydrogens is 359 g/mol. The van der Waals surface area contributed by atoms with Gasteiger partial charge in [-0.2, -0.15) is 5.26 Å². The van der Waals surface area contributed by atoms with Gasteiger partial charge in [0.2, 0.25) is 0 Å². The molecular formula is C22H19FN2O3. The Kier molecular flexibility index (Phi) is 4.84. The van der Waals surface area contributed by atoms with Gasteiger partial charge in [0.1, 0.15) is 18.5 Å². The van der Waals surface area contributed by atoms with Crippen molar-refractivity contribution in [2.24, 2.45) is 0 Å². The van der Waals surface area contributed by atoms with Gasteiger partial charge in [0, 0.05) is 31.2 Å². The van der Waals surface area contributed by atoms with Crippen LogP contribution < -0.4 is 0 Å². The lowest BCUT2D eigenvalue weighted by Gasteiger charge is -2.35. The molecule has 2 aromatic heterocycles. The van der Waals surface area contributed by atoms with Gasteiger partial charge in [-0.1, -0.05) is 18.2 Å². The molecule has 28 heavy (non-hydrogen) atoms. The van der Waals surface area contributed by atoms with E-state index in [-0.39, 0.29) is 12.4 Å². The lowest BCUT2D eigenvalue weighted by atomic mass is 9.74. The number of aromatic nitrogens is 1. The van der Waals surface area contributed by atoms with Crippen molar-refractivity contribution in [2.45, 2.75) is 24.9 Å². The number of hydrogen-bond acceptors (Lipinski definition) is 4. The van der Waals surface area contributed by atoms with Gasteiger partial charge in [-0.3, -0.25) is 4.79 Å². The molecule has 1 aliphatic heterocycles. The molecule has 5 nitrogen and oxygen atoms in total. The van der Waals surface area contributed by atoms with E-state index in [0.717, 1.165) is 5.52 Å². The lowest BCUT2D eigenvalue weighted by Crippen LogP contribution is -2.42. The number of benzene rings is 1. The van der Waals surface area contributed by atoms with Crippen molar-refractivity contribution in [1.29, 1.82) is 5.26 Å². The van der Waals surface area contributed by atoms with Gasteiger partial charge in [-0.15, -0.1) is 0 Å². The molecule has 0 N–H and O–H groups in total. The lowest BCUT2D eigenvalue weighted by molar-refractivity contribution is -0.156. The first-order valence-corrected chi connectivity index (χ1v) is 9.14. The zero-order chi connectivity index (χ0) is 19.6. The highest BCUT2D eigenvalue weighted by molar-refractivity contribution is 5.83. The van der Waals surface area contributed by atoms with E-state index in [2.05, 4.69) is 6.07 Å². The Morgan fingerprint density at radius 2 is 2.07 bits per heavy atom. The molecule has 3 aromatic rings. The van der Waals surface area contributed by atoms with Crippen LogP contribution in [0.2, 0.25) is 0 Å². The number of fused-ring (bicyclic) bond motifs is 1. The van der Waals surface area contributed by atoms with E-state index in [0.29, 0.717) is 42.7 Å². The van der Waals surface area contributed by atoms with Gasteiger partial charge in [-0.05, 0) is 42.7 Å². The standard InChI is InChI=1S/C22H19FN2O3/c23-18-5-3-4-17(12-18)22(7-10-27-11-8-22)21(26)28-15-16-14-25-9-2-1-6-20(25)19(16)13-24/h1-6,9,12,14H,7-8,10-11,15H2. The van der Waals surface area contributed by atoms with E-state index in [1.54, 1.807) is 18.3 Å². The SMILES string of the molecule is N#Cc1c(COC(=O)C2(c3cccc(F)c3)CCOCC2)cn2ccccc12. The smallest absolute Gasteiger partial charge is 0.317 e. The number of hydrogen-bond donors (Lipinski definition) is 0. The minimum atomic E-state index is -0.938. The number of rotatable bonds is 4. The number of carbonyl (C=O) groups excluding carboxylic acids is 1. The Hall–Kier alpha value is -3.17. The van der Waals surface area contributed by atoms with Gasteiger partial charge in [0.05, 0.1) is 16.5 Å². The quantitative estimate of drug-likeness (QED) is 0.649. The molecule has 0 bridgehead atoms. The fourth-order valence-corrected chi connectivity index (χ4v) is 3.81. The van der Waals surface area contributed by atoms with Crippen molar-refractivity contribution in [3.63, 3.8) is 0 Å². The van der Waals surface area contributed by atoms with Gasteiger partial charge < -0.3 is 13.9 Å². The normalized spacial score (nSPS) is 15.9. The molecule has 0 spiro atoms. The second-order valence-corrected chi connectivity index (χ2v) is 6.92. The van der Waals surface area contributed by atoms with E-state index < -0.39 is 11.4 Å². The summed E-state index contributed by atoms with van der Waals surface area (Å²) in [6, 6.07) is 13.9. The zero-order valence-corrected chi connectivity index (χ0v) is 15.2.